The summed E-state index contributed by atoms with van der Waals surface area (Å²) in [5.74, 6) is 0.644. The van der Waals surface area contributed by atoms with Gasteiger partial charge in [0, 0.05) is 19.0 Å². The van der Waals surface area contributed by atoms with Crippen LogP contribution in [0.3, 0.4) is 0 Å². The first-order chi connectivity index (χ1) is 14.8. The van der Waals surface area contributed by atoms with E-state index < -0.39 is 6.04 Å². The number of rotatable bonds is 11. The van der Waals surface area contributed by atoms with Crippen molar-refractivity contribution in [2.75, 3.05) is 6.61 Å². The Morgan fingerprint density at radius 1 is 1.03 bits per heavy atom. The van der Waals surface area contributed by atoms with Crippen LogP contribution in [0.1, 0.15) is 56.7 Å². The molecule has 0 saturated carbocycles. The highest BCUT2D eigenvalue weighted by Gasteiger charge is 2.26. The fourth-order valence-corrected chi connectivity index (χ4v) is 3.21. The second-order valence-electron chi connectivity index (χ2n) is 8.21. The number of ether oxygens (including phenoxy) is 1. The second kappa shape index (κ2) is 12.1. The third kappa shape index (κ3) is 7.74. The topological polar surface area (TPSA) is 58.6 Å². The second-order valence-corrected chi connectivity index (χ2v) is 8.21. The number of nitrogens with zero attached hydrogens (tertiary/aromatic N) is 1. The van der Waals surface area contributed by atoms with Gasteiger partial charge in [-0.1, -0.05) is 48.9 Å². The minimum absolute atomic E-state index is 0.0393. The minimum atomic E-state index is -0.542. The highest BCUT2D eigenvalue weighted by molar-refractivity contribution is 5.87. The molecule has 0 heterocycles. The van der Waals surface area contributed by atoms with Crippen molar-refractivity contribution in [1.29, 1.82) is 0 Å². The molecule has 0 aliphatic rings. The number of carbonyl (C=O) groups is 2. The molecule has 0 saturated heterocycles. The van der Waals surface area contributed by atoms with Crippen LogP contribution in [0.4, 0.5) is 0 Å². The van der Waals surface area contributed by atoms with Gasteiger partial charge in [0.2, 0.25) is 11.8 Å². The quantitative estimate of drug-likeness (QED) is 0.528. The van der Waals surface area contributed by atoms with E-state index in [2.05, 4.69) is 5.32 Å². The van der Waals surface area contributed by atoms with Crippen molar-refractivity contribution in [3.05, 3.63) is 65.2 Å². The Bertz CT molecular complexity index is 848. The van der Waals surface area contributed by atoms with Gasteiger partial charge < -0.3 is 15.0 Å². The van der Waals surface area contributed by atoms with Crippen molar-refractivity contribution >= 4 is 11.8 Å². The molecule has 0 unspecified atom stereocenters. The number of benzene rings is 2. The largest absolute Gasteiger partial charge is 0.494 e. The number of carbonyl (C=O) groups excluding carboxylic acids is 2. The van der Waals surface area contributed by atoms with E-state index in [1.54, 1.807) is 11.8 Å². The van der Waals surface area contributed by atoms with Crippen LogP contribution >= 0.6 is 0 Å². The highest BCUT2D eigenvalue weighted by Crippen LogP contribution is 2.16. The number of amides is 2. The monoisotopic (exact) mass is 424 g/mol. The van der Waals surface area contributed by atoms with Crippen molar-refractivity contribution < 1.29 is 14.3 Å². The van der Waals surface area contributed by atoms with E-state index in [9.17, 15) is 9.59 Å². The summed E-state index contributed by atoms with van der Waals surface area (Å²) >= 11 is 0. The zero-order valence-electron chi connectivity index (χ0n) is 19.5. The lowest BCUT2D eigenvalue weighted by atomic mass is 10.1. The molecule has 2 rings (SSSR count). The summed E-state index contributed by atoms with van der Waals surface area (Å²) in [4.78, 5) is 27.5. The van der Waals surface area contributed by atoms with E-state index >= 15 is 0 Å². The van der Waals surface area contributed by atoms with Crippen LogP contribution < -0.4 is 10.1 Å². The highest BCUT2D eigenvalue weighted by atomic mass is 16.5. The van der Waals surface area contributed by atoms with Gasteiger partial charge in [-0.3, -0.25) is 9.59 Å². The van der Waals surface area contributed by atoms with Crippen molar-refractivity contribution in [1.82, 2.24) is 10.2 Å². The average molecular weight is 425 g/mol. The molecule has 1 N–H and O–H groups in total. The van der Waals surface area contributed by atoms with E-state index in [-0.39, 0.29) is 17.9 Å². The minimum Gasteiger partial charge on any atom is -0.494 e. The summed E-state index contributed by atoms with van der Waals surface area (Å²) in [5.41, 5.74) is 3.34. The number of hydrogen-bond donors (Lipinski definition) is 1. The summed E-state index contributed by atoms with van der Waals surface area (Å²) < 4.78 is 5.75. The molecule has 168 valence electrons. The third-order valence-electron chi connectivity index (χ3n) is 5.59. The summed E-state index contributed by atoms with van der Waals surface area (Å²) in [6.45, 7) is 10.7. The van der Waals surface area contributed by atoms with Gasteiger partial charge in [-0.15, -0.1) is 0 Å². The lowest BCUT2D eigenvalue weighted by molar-refractivity contribution is -0.141. The number of nitrogens with one attached hydrogen (secondary N) is 1. The van der Waals surface area contributed by atoms with Crippen molar-refractivity contribution in [2.45, 2.75) is 72.5 Å². The van der Waals surface area contributed by atoms with Crippen LogP contribution in [0.5, 0.6) is 5.75 Å². The molecule has 2 amide bonds. The first-order valence-electron chi connectivity index (χ1n) is 11.2. The standard InChI is InChI=1S/C26H36N2O3/c1-6-21(4)27-26(30)22(5)28(18-23-11-8-7-10-20(23)3)25(29)12-9-17-31-24-15-13-19(2)14-16-24/h7-8,10-11,13-16,21-22H,6,9,12,17-18H2,1-5H3,(H,27,30)/t21-,22-/m0/s1. The summed E-state index contributed by atoms with van der Waals surface area (Å²) in [7, 11) is 0. The predicted molar refractivity (Wildman–Crippen MR) is 125 cm³/mol. The van der Waals surface area contributed by atoms with Gasteiger partial charge in [0.05, 0.1) is 6.61 Å². The van der Waals surface area contributed by atoms with Crippen LogP contribution in [0.2, 0.25) is 0 Å². The van der Waals surface area contributed by atoms with Crippen LogP contribution in [0.15, 0.2) is 48.5 Å². The fraction of sp³-hybridized carbons (Fsp3) is 0.462. The number of hydrogen-bond acceptors (Lipinski definition) is 3. The molecule has 5 nitrogen and oxygen atoms in total. The summed E-state index contributed by atoms with van der Waals surface area (Å²) in [6.07, 6.45) is 1.77. The fourth-order valence-electron chi connectivity index (χ4n) is 3.21. The van der Waals surface area contributed by atoms with Gasteiger partial charge in [-0.05, 0) is 63.8 Å². The van der Waals surface area contributed by atoms with E-state index in [4.69, 9.17) is 4.74 Å². The molecular weight excluding hydrogens is 388 g/mol. The maximum absolute atomic E-state index is 13.1. The van der Waals surface area contributed by atoms with Crippen LogP contribution in [0.25, 0.3) is 0 Å². The molecule has 0 fully saturated rings. The third-order valence-corrected chi connectivity index (χ3v) is 5.59. The Morgan fingerprint density at radius 2 is 1.71 bits per heavy atom. The first-order valence-corrected chi connectivity index (χ1v) is 11.2. The molecule has 31 heavy (non-hydrogen) atoms. The van der Waals surface area contributed by atoms with E-state index in [1.165, 1.54) is 5.56 Å². The van der Waals surface area contributed by atoms with Gasteiger partial charge in [0.15, 0.2) is 0 Å². The smallest absolute Gasteiger partial charge is 0.242 e. The van der Waals surface area contributed by atoms with Gasteiger partial charge in [0.25, 0.3) is 0 Å². The normalized spacial score (nSPS) is 12.7. The molecule has 5 heteroatoms. The van der Waals surface area contributed by atoms with Crippen molar-refractivity contribution in [2.24, 2.45) is 0 Å². The van der Waals surface area contributed by atoms with Gasteiger partial charge in [-0.25, -0.2) is 0 Å². The number of aryl methyl sites for hydroxylation is 2. The summed E-state index contributed by atoms with van der Waals surface area (Å²) in [6, 6.07) is 15.4. The lowest BCUT2D eigenvalue weighted by Gasteiger charge is -2.30. The van der Waals surface area contributed by atoms with Crippen molar-refractivity contribution in [3.8, 4) is 5.75 Å². The zero-order valence-corrected chi connectivity index (χ0v) is 19.5. The zero-order chi connectivity index (χ0) is 22.8. The Kier molecular flexibility index (Phi) is 9.57. The lowest BCUT2D eigenvalue weighted by Crippen LogP contribution is -2.49. The molecule has 2 atom stereocenters. The average Bonchev–Trinajstić information content (AvgIpc) is 2.76. The molecule has 0 bridgehead atoms. The molecule has 0 aliphatic carbocycles. The Hall–Kier alpha value is -2.82. The maximum atomic E-state index is 13.1. The van der Waals surface area contributed by atoms with Gasteiger partial charge >= 0.3 is 0 Å². The van der Waals surface area contributed by atoms with Crippen molar-refractivity contribution in [3.63, 3.8) is 0 Å². The Balaban J connectivity index is 2.01. The first kappa shape index (κ1) is 24.4. The molecule has 0 spiro atoms. The molecule has 2 aromatic carbocycles. The van der Waals surface area contributed by atoms with E-state index in [0.717, 1.165) is 23.3 Å². The van der Waals surface area contributed by atoms with Gasteiger partial charge in [0.1, 0.15) is 11.8 Å². The maximum Gasteiger partial charge on any atom is 0.242 e. The molecule has 0 radical (unpaired) electrons. The van der Waals surface area contributed by atoms with Crippen LogP contribution in [0, 0.1) is 13.8 Å². The predicted octanol–water partition coefficient (Wildman–Crippen LogP) is 4.79. The Morgan fingerprint density at radius 3 is 2.35 bits per heavy atom. The molecule has 0 aliphatic heterocycles. The molecule has 0 aromatic heterocycles. The Labute approximate surface area is 186 Å². The SMILES string of the molecule is CC[C@H](C)NC(=O)[C@H](C)N(Cc1ccccc1C)C(=O)CCCOc1ccc(C)cc1. The van der Waals surface area contributed by atoms with Gasteiger partial charge in [-0.2, -0.15) is 0 Å². The van der Waals surface area contributed by atoms with Crippen LogP contribution in [-0.4, -0.2) is 35.4 Å². The molecular formula is C26H36N2O3. The van der Waals surface area contributed by atoms with E-state index in [0.29, 0.717) is 26.0 Å². The summed E-state index contributed by atoms with van der Waals surface area (Å²) in [5, 5.41) is 3.00. The molecule has 2 aromatic rings. The van der Waals surface area contributed by atoms with E-state index in [1.807, 2.05) is 76.2 Å². The van der Waals surface area contributed by atoms with Crippen LogP contribution in [-0.2, 0) is 16.1 Å².